The maximum atomic E-state index is 12.2. The largest absolute Gasteiger partial charge is 0.355 e. The average Bonchev–Trinajstić information content (AvgIpc) is 3.01. The van der Waals surface area contributed by atoms with Crippen LogP contribution in [0.4, 0.5) is 0 Å². The summed E-state index contributed by atoms with van der Waals surface area (Å²) in [5.74, 6) is 1.69. The molecule has 1 aromatic heterocycles. The monoisotopic (exact) mass is 277 g/mol. The van der Waals surface area contributed by atoms with Gasteiger partial charge in [-0.05, 0) is 19.8 Å². The van der Waals surface area contributed by atoms with Crippen molar-refractivity contribution >= 4 is 11.8 Å². The van der Waals surface area contributed by atoms with Gasteiger partial charge < -0.3 is 15.2 Å². The molecule has 2 aliphatic rings. The molecule has 20 heavy (non-hydrogen) atoms. The standard InChI is InChI=1S/C13H19N5O2/c1-8(12-17-16-10-3-2-6-18(10)12)15-13(20)9-4-5-11(19)14-7-9/h8-9H,2-7H2,1H3,(H,14,19)(H,15,20). The lowest BCUT2D eigenvalue weighted by Gasteiger charge is -2.23. The zero-order valence-electron chi connectivity index (χ0n) is 11.6. The number of hydrogen-bond acceptors (Lipinski definition) is 4. The first kappa shape index (κ1) is 13.1. The van der Waals surface area contributed by atoms with E-state index < -0.39 is 0 Å². The molecular formula is C13H19N5O2. The summed E-state index contributed by atoms with van der Waals surface area (Å²) in [5.41, 5.74) is 0. The molecule has 7 heteroatoms. The zero-order chi connectivity index (χ0) is 14.1. The van der Waals surface area contributed by atoms with E-state index in [9.17, 15) is 9.59 Å². The van der Waals surface area contributed by atoms with E-state index in [2.05, 4.69) is 25.4 Å². The second kappa shape index (κ2) is 5.22. The highest BCUT2D eigenvalue weighted by Gasteiger charge is 2.27. The summed E-state index contributed by atoms with van der Waals surface area (Å²) in [6.07, 6.45) is 3.09. The van der Waals surface area contributed by atoms with E-state index in [4.69, 9.17) is 0 Å². The third-order valence-electron chi connectivity index (χ3n) is 4.02. The Hall–Kier alpha value is -1.92. The Bertz CT molecular complexity index is 529. The summed E-state index contributed by atoms with van der Waals surface area (Å²) in [6, 6.07) is -0.153. The van der Waals surface area contributed by atoms with Crippen LogP contribution in [-0.4, -0.2) is 33.1 Å². The lowest BCUT2D eigenvalue weighted by atomic mass is 9.98. The minimum Gasteiger partial charge on any atom is -0.355 e. The van der Waals surface area contributed by atoms with Gasteiger partial charge in [0.15, 0.2) is 5.82 Å². The molecule has 3 rings (SSSR count). The summed E-state index contributed by atoms with van der Waals surface area (Å²) in [7, 11) is 0. The van der Waals surface area contributed by atoms with Crippen LogP contribution in [0, 0.1) is 5.92 Å². The summed E-state index contributed by atoms with van der Waals surface area (Å²) in [6.45, 7) is 3.28. The van der Waals surface area contributed by atoms with Crippen molar-refractivity contribution in [3.05, 3.63) is 11.6 Å². The summed E-state index contributed by atoms with van der Waals surface area (Å²) < 4.78 is 2.09. The van der Waals surface area contributed by atoms with Gasteiger partial charge in [-0.15, -0.1) is 10.2 Å². The molecule has 2 unspecified atom stereocenters. The number of fused-ring (bicyclic) bond motifs is 1. The third kappa shape index (κ3) is 2.39. The number of carbonyl (C=O) groups is 2. The molecule has 1 aromatic rings. The van der Waals surface area contributed by atoms with Crippen LogP contribution in [0.5, 0.6) is 0 Å². The first-order valence-electron chi connectivity index (χ1n) is 7.14. The Morgan fingerprint density at radius 1 is 1.45 bits per heavy atom. The van der Waals surface area contributed by atoms with Crippen molar-refractivity contribution in [3.63, 3.8) is 0 Å². The molecule has 0 saturated carbocycles. The Morgan fingerprint density at radius 3 is 3.05 bits per heavy atom. The van der Waals surface area contributed by atoms with Gasteiger partial charge >= 0.3 is 0 Å². The number of piperidine rings is 1. The van der Waals surface area contributed by atoms with E-state index in [1.54, 1.807) is 0 Å². The fourth-order valence-electron chi connectivity index (χ4n) is 2.85. The number of hydrogen-bond donors (Lipinski definition) is 2. The van der Waals surface area contributed by atoms with Gasteiger partial charge in [-0.1, -0.05) is 0 Å². The molecule has 2 N–H and O–H groups in total. The van der Waals surface area contributed by atoms with Crippen LogP contribution in [0.2, 0.25) is 0 Å². The molecule has 2 amide bonds. The third-order valence-corrected chi connectivity index (χ3v) is 4.02. The van der Waals surface area contributed by atoms with Gasteiger partial charge in [0, 0.05) is 25.9 Å². The molecule has 2 aliphatic heterocycles. The molecule has 0 aromatic carbocycles. The van der Waals surface area contributed by atoms with Gasteiger partial charge in [0.1, 0.15) is 5.82 Å². The van der Waals surface area contributed by atoms with E-state index >= 15 is 0 Å². The van der Waals surface area contributed by atoms with Gasteiger partial charge in [0.05, 0.1) is 12.0 Å². The Morgan fingerprint density at radius 2 is 2.30 bits per heavy atom. The highest BCUT2D eigenvalue weighted by atomic mass is 16.2. The van der Waals surface area contributed by atoms with Gasteiger partial charge in [-0.2, -0.15) is 0 Å². The predicted molar refractivity (Wildman–Crippen MR) is 70.6 cm³/mol. The van der Waals surface area contributed by atoms with Crippen LogP contribution >= 0.6 is 0 Å². The second-order valence-corrected chi connectivity index (χ2v) is 5.50. The second-order valence-electron chi connectivity index (χ2n) is 5.50. The molecule has 1 fully saturated rings. The van der Waals surface area contributed by atoms with E-state index in [1.165, 1.54) is 0 Å². The predicted octanol–water partition coefficient (Wildman–Crippen LogP) is -0.0723. The number of nitrogens with one attached hydrogen (secondary N) is 2. The number of aryl methyl sites for hydroxylation is 1. The minimum absolute atomic E-state index is 0.0205. The molecule has 108 valence electrons. The van der Waals surface area contributed by atoms with Gasteiger partial charge in [0.2, 0.25) is 11.8 Å². The highest BCUT2D eigenvalue weighted by molar-refractivity contribution is 5.83. The number of nitrogens with zero attached hydrogens (tertiary/aromatic N) is 3. The van der Waals surface area contributed by atoms with E-state index in [1.807, 2.05) is 6.92 Å². The normalized spacial score (nSPS) is 23.1. The molecule has 0 radical (unpaired) electrons. The lowest BCUT2D eigenvalue weighted by molar-refractivity contribution is -0.129. The molecule has 3 heterocycles. The molecule has 7 nitrogen and oxygen atoms in total. The average molecular weight is 277 g/mol. The van der Waals surface area contributed by atoms with E-state index in [-0.39, 0.29) is 23.8 Å². The maximum Gasteiger partial charge on any atom is 0.225 e. The molecule has 0 aliphatic carbocycles. The fourth-order valence-corrected chi connectivity index (χ4v) is 2.85. The fraction of sp³-hybridized carbons (Fsp3) is 0.692. The van der Waals surface area contributed by atoms with E-state index in [0.29, 0.717) is 19.4 Å². The first-order chi connectivity index (χ1) is 9.65. The van der Waals surface area contributed by atoms with E-state index in [0.717, 1.165) is 31.0 Å². The first-order valence-corrected chi connectivity index (χ1v) is 7.14. The van der Waals surface area contributed by atoms with Crippen molar-refractivity contribution in [1.29, 1.82) is 0 Å². The zero-order valence-corrected chi connectivity index (χ0v) is 11.6. The lowest BCUT2D eigenvalue weighted by Crippen LogP contribution is -2.43. The summed E-state index contributed by atoms with van der Waals surface area (Å²) in [4.78, 5) is 23.3. The topological polar surface area (TPSA) is 88.9 Å². The quantitative estimate of drug-likeness (QED) is 0.809. The Balaban J connectivity index is 1.62. The smallest absolute Gasteiger partial charge is 0.225 e. The number of carbonyl (C=O) groups excluding carboxylic acids is 2. The Labute approximate surface area is 117 Å². The van der Waals surface area contributed by atoms with Gasteiger partial charge in [0.25, 0.3) is 0 Å². The van der Waals surface area contributed by atoms with Crippen molar-refractivity contribution in [2.75, 3.05) is 6.54 Å². The van der Waals surface area contributed by atoms with Crippen molar-refractivity contribution in [2.24, 2.45) is 5.92 Å². The number of rotatable bonds is 3. The minimum atomic E-state index is -0.153. The van der Waals surface area contributed by atoms with Crippen molar-refractivity contribution in [1.82, 2.24) is 25.4 Å². The molecular weight excluding hydrogens is 258 g/mol. The molecule has 2 atom stereocenters. The number of amides is 2. The highest BCUT2D eigenvalue weighted by Crippen LogP contribution is 2.20. The summed E-state index contributed by atoms with van der Waals surface area (Å²) in [5, 5.41) is 14.0. The maximum absolute atomic E-state index is 12.2. The van der Waals surface area contributed by atoms with Crippen LogP contribution in [0.25, 0.3) is 0 Å². The van der Waals surface area contributed by atoms with Crippen LogP contribution < -0.4 is 10.6 Å². The van der Waals surface area contributed by atoms with Crippen molar-refractivity contribution in [3.8, 4) is 0 Å². The van der Waals surface area contributed by atoms with Gasteiger partial charge in [-0.3, -0.25) is 9.59 Å². The van der Waals surface area contributed by atoms with Crippen LogP contribution in [0.3, 0.4) is 0 Å². The molecule has 0 bridgehead atoms. The van der Waals surface area contributed by atoms with Crippen molar-refractivity contribution < 1.29 is 9.59 Å². The van der Waals surface area contributed by atoms with Gasteiger partial charge in [-0.25, -0.2) is 0 Å². The van der Waals surface area contributed by atoms with Crippen LogP contribution in [0.1, 0.15) is 43.9 Å². The van der Waals surface area contributed by atoms with Crippen LogP contribution in [0.15, 0.2) is 0 Å². The summed E-state index contributed by atoms with van der Waals surface area (Å²) >= 11 is 0. The van der Waals surface area contributed by atoms with Crippen LogP contribution in [-0.2, 0) is 22.6 Å². The number of aromatic nitrogens is 3. The molecule has 1 saturated heterocycles. The van der Waals surface area contributed by atoms with Crippen molar-refractivity contribution in [2.45, 2.75) is 45.2 Å². The molecule has 0 spiro atoms. The Kier molecular flexibility index (Phi) is 3.42. The SMILES string of the molecule is CC(NC(=O)C1CCC(=O)NC1)c1nnc2n1CCC2.